The van der Waals surface area contributed by atoms with Crippen molar-refractivity contribution in [2.24, 2.45) is 0 Å². The molecule has 0 aliphatic heterocycles. The van der Waals surface area contributed by atoms with E-state index in [4.69, 9.17) is 49.4 Å². The zero-order valence-electron chi connectivity index (χ0n) is 39.4. The van der Waals surface area contributed by atoms with E-state index in [9.17, 15) is 0 Å². The minimum atomic E-state index is -4.31. The van der Waals surface area contributed by atoms with Gasteiger partial charge in [0.1, 0.15) is 0 Å². The van der Waals surface area contributed by atoms with Gasteiger partial charge in [-0.15, -0.1) is 0 Å². The second kappa shape index (κ2) is 20.2. The number of rotatable bonds is 24. The van der Waals surface area contributed by atoms with Crippen LogP contribution in [0, 0.1) is 0 Å². The molecule has 0 radical (unpaired) electrons. The van der Waals surface area contributed by atoms with E-state index >= 15 is 0 Å². The standard InChI is InChI=1S/C28H84O12Si13.2CH4/c1-41(2,3)29-45(13,14)33-49(21,22)37-53(38-50(23,24)34-46(15,16)30-42(4,5)6,39-51(25,26)35-47(17,18)31-43(7,8)9)40-52(27,28)36-48(19,20)32-44(10,11)12;;/h1-28H3;2*1H4. The van der Waals surface area contributed by atoms with E-state index < -0.39 is 111 Å². The van der Waals surface area contributed by atoms with Gasteiger partial charge in [-0.1, -0.05) is 14.9 Å². The molecule has 0 heterocycles. The molecule has 25 heteroatoms. The monoisotopic (exact) mass is 1010 g/mol. The minimum Gasteiger partial charge on any atom is -0.437 e. The summed E-state index contributed by atoms with van der Waals surface area (Å²) in [5.41, 5.74) is 0. The molecule has 0 fully saturated rings. The van der Waals surface area contributed by atoms with Crippen molar-refractivity contribution in [1.82, 2.24) is 0 Å². The molecule has 0 spiro atoms. The van der Waals surface area contributed by atoms with Crippen LogP contribution in [0.3, 0.4) is 0 Å². The van der Waals surface area contributed by atoms with Crippen LogP contribution in [0.1, 0.15) is 14.9 Å². The average molecular weight is 1010 g/mol. The van der Waals surface area contributed by atoms with Crippen LogP contribution < -0.4 is 0 Å². The highest BCUT2D eigenvalue weighted by molar-refractivity contribution is 6.95. The Morgan fingerprint density at radius 3 is 0.382 bits per heavy atom. The Bertz CT molecular complexity index is 995. The van der Waals surface area contributed by atoms with E-state index in [2.05, 4.69) is 131 Å². The Balaban J connectivity index is -0.0000135. The van der Waals surface area contributed by atoms with Crippen molar-refractivity contribution >= 4 is 111 Å². The lowest BCUT2D eigenvalue weighted by molar-refractivity contribution is 0.0975. The first kappa shape index (κ1) is 61.6. The zero-order chi connectivity index (χ0) is 43.0. The lowest BCUT2D eigenvalue weighted by Gasteiger charge is -2.48. The van der Waals surface area contributed by atoms with Crippen molar-refractivity contribution < 1.29 is 49.4 Å². The van der Waals surface area contributed by atoms with Crippen molar-refractivity contribution in [2.75, 3.05) is 0 Å². The molecule has 0 saturated carbocycles. The van der Waals surface area contributed by atoms with Crippen LogP contribution in [0.4, 0.5) is 0 Å². The fourth-order valence-electron chi connectivity index (χ4n) is 6.81. The van der Waals surface area contributed by atoms with E-state index in [0.29, 0.717) is 0 Å². The maximum absolute atomic E-state index is 7.30. The molecule has 336 valence electrons. The summed E-state index contributed by atoms with van der Waals surface area (Å²) in [7, 11) is -35.4. The average Bonchev–Trinajstić information content (AvgIpc) is 2.58. The molecule has 0 aromatic carbocycles. The van der Waals surface area contributed by atoms with Crippen LogP contribution in [-0.4, -0.2) is 111 Å². The topological polar surface area (TPSA) is 111 Å². The van der Waals surface area contributed by atoms with Crippen LogP contribution in [-0.2, 0) is 49.4 Å². The third kappa shape index (κ3) is 30.1. The fraction of sp³-hybridized carbons (Fsp3) is 1.00. The van der Waals surface area contributed by atoms with Gasteiger partial charge in [0.25, 0.3) is 0 Å². The normalized spacial score (nSPS) is 15.5. The van der Waals surface area contributed by atoms with Gasteiger partial charge in [-0.25, -0.2) is 0 Å². The van der Waals surface area contributed by atoms with Gasteiger partial charge in [-0.05, 0) is 183 Å². The molecule has 0 N–H and O–H groups in total. The van der Waals surface area contributed by atoms with Crippen LogP contribution in [0.25, 0.3) is 0 Å². The zero-order valence-corrected chi connectivity index (χ0v) is 52.4. The molecule has 0 aliphatic carbocycles. The summed E-state index contributed by atoms with van der Waals surface area (Å²) in [4.78, 5) is 0. The summed E-state index contributed by atoms with van der Waals surface area (Å²) in [6.07, 6.45) is 0. The molecule has 0 bridgehead atoms. The first-order valence-electron chi connectivity index (χ1n) is 18.9. The molecule has 0 aliphatic rings. The Morgan fingerprint density at radius 2 is 0.273 bits per heavy atom. The van der Waals surface area contributed by atoms with Gasteiger partial charge in [-0.2, -0.15) is 0 Å². The van der Waals surface area contributed by atoms with Crippen LogP contribution in [0.5, 0.6) is 0 Å². The molecular formula is C30H92O12Si13. The maximum atomic E-state index is 7.30. The van der Waals surface area contributed by atoms with Crippen LogP contribution in [0.15, 0.2) is 0 Å². The lowest BCUT2D eigenvalue weighted by Crippen LogP contribution is -2.71. The largest absolute Gasteiger partial charge is 0.643 e. The predicted octanol–water partition coefficient (Wildman–Crippen LogP) is 11.8. The Morgan fingerprint density at radius 1 is 0.164 bits per heavy atom. The molecule has 55 heavy (non-hydrogen) atoms. The first-order chi connectivity index (χ1) is 22.5. The van der Waals surface area contributed by atoms with E-state index in [1.807, 2.05) is 52.4 Å². The van der Waals surface area contributed by atoms with Crippen LogP contribution >= 0.6 is 0 Å². The van der Waals surface area contributed by atoms with Gasteiger partial charge < -0.3 is 49.4 Å². The smallest absolute Gasteiger partial charge is 0.437 e. The van der Waals surface area contributed by atoms with Crippen molar-refractivity contribution in [1.29, 1.82) is 0 Å². The molecule has 0 saturated heterocycles. The number of hydrogen-bond donors (Lipinski definition) is 0. The summed E-state index contributed by atoms with van der Waals surface area (Å²) in [6.45, 7) is 58.8. The molecule has 0 atom stereocenters. The highest BCUT2D eigenvalue weighted by Crippen LogP contribution is 2.36. The van der Waals surface area contributed by atoms with Crippen molar-refractivity contribution in [2.45, 2.75) is 198 Å². The van der Waals surface area contributed by atoms with Gasteiger partial charge in [0, 0.05) is 0 Å². The van der Waals surface area contributed by atoms with Gasteiger partial charge >= 0.3 is 77.5 Å². The highest BCUT2D eigenvalue weighted by Gasteiger charge is 2.63. The SMILES string of the molecule is C.C.C[Si](C)(C)O[Si](C)(C)O[Si](C)(C)O[Si](O[Si](C)(C)O[Si](C)(C)O[Si](C)(C)C)(O[Si](C)(C)O[Si](C)(C)O[Si](C)(C)C)O[Si](C)(C)O[Si](C)(C)O[Si](C)(C)C. The Labute approximate surface area is 356 Å². The fourth-order valence-corrected chi connectivity index (χ4v) is 66.6. The molecule has 0 aromatic heterocycles. The highest BCUT2D eigenvalue weighted by atomic mass is 28.6. The number of hydrogen-bond acceptors (Lipinski definition) is 12. The molecule has 0 rings (SSSR count). The molecule has 0 amide bonds. The van der Waals surface area contributed by atoms with Crippen molar-refractivity contribution in [3.8, 4) is 0 Å². The van der Waals surface area contributed by atoms with Gasteiger partial charge in [0.15, 0.2) is 33.3 Å². The summed E-state index contributed by atoms with van der Waals surface area (Å²) < 4.78 is 83.6. The van der Waals surface area contributed by atoms with Crippen molar-refractivity contribution in [3.63, 3.8) is 0 Å². The van der Waals surface area contributed by atoms with Crippen LogP contribution in [0.2, 0.25) is 183 Å². The summed E-state index contributed by atoms with van der Waals surface area (Å²) >= 11 is 0. The Hall–Kier alpha value is 2.34. The van der Waals surface area contributed by atoms with Gasteiger partial charge in [0.2, 0.25) is 0 Å². The van der Waals surface area contributed by atoms with Gasteiger partial charge in [0.05, 0.1) is 0 Å². The second-order valence-electron chi connectivity index (χ2n) is 21.4. The lowest BCUT2D eigenvalue weighted by atomic mass is 11.8. The second-order valence-corrected chi connectivity index (χ2v) is 71.5. The summed E-state index contributed by atoms with van der Waals surface area (Å²) in [6, 6.07) is 0. The molecular weight excluding hydrogens is 917 g/mol. The van der Waals surface area contributed by atoms with Crippen molar-refractivity contribution in [3.05, 3.63) is 0 Å². The molecule has 0 aromatic rings. The third-order valence-electron chi connectivity index (χ3n) is 5.66. The summed E-state index contributed by atoms with van der Waals surface area (Å²) in [5, 5.41) is 0. The summed E-state index contributed by atoms with van der Waals surface area (Å²) in [5.74, 6) is 0. The predicted molar refractivity (Wildman–Crippen MR) is 265 cm³/mol. The van der Waals surface area contributed by atoms with E-state index in [0.717, 1.165) is 0 Å². The first-order valence-corrected chi connectivity index (χ1v) is 56.7. The third-order valence-corrected chi connectivity index (χ3v) is 50.9. The van der Waals surface area contributed by atoms with E-state index in [-0.39, 0.29) is 14.9 Å². The quantitative estimate of drug-likeness (QED) is 0.0859. The molecule has 0 unspecified atom stereocenters. The minimum absolute atomic E-state index is 0. The Kier molecular flexibility index (Phi) is 22.7. The van der Waals surface area contributed by atoms with Gasteiger partial charge in [-0.3, -0.25) is 0 Å². The maximum Gasteiger partial charge on any atom is 0.643 e. The van der Waals surface area contributed by atoms with E-state index in [1.165, 1.54) is 0 Å². The van der Waals surface area contributed by atoms with E-state index in [1.54, 1.807) is 0 Å². The molecule has 12 nitrogen and oxygen atoms in total.